The van der Waals surface area contributed by atoms with Crippen LogP contribution in [0, 0.1) is 0 Å². The summed E-state index contributed by atoms with van der Waals surface area (Å²) in [6.45, 7) is 1.62. The summed E-state index contributed by atoms with van der Waals surface area (Å²) in [6.07, 6.45) is 1.97. The van der Waals surface area contributed by atoms with Gasteiger partial charge in [-0.15, -0.1) is 24.2 Å². The second-order valence-corrected chi connectivity index (χ2v) is 8.52. The molecule has 0 radical (unpaired) electrons. The lowest BCUT2D eigenvalue weighted by Crippen LogP contribution is -2.48. The Bertz CT molecular complexity index is 829. The Morgan fingerprint density at radius 1 is 1.15 bits per heavy atom. The SMILES string of the molecule is COc1ccccc1C1CNCCN1S(=O)(=O)c1ccc(SC)cc1.Cl. The Hall–Kier alpha value is -1.25. The van der Waals surface area contributed by atoms with E-state index in [4.69, 9.17) is 4.74 Å². The van der Waals surface area contributed by atoms with Crippen molar-refractivity contribution in [2.24, 2.45) is 0 Å². The van der Waals surface area contributed by atoms with Crippen molar-refractivity contribution in [1.82, 2.24) is 9.62 Å². The largest absolute Gasteiger partial charge is 0.496 e. The van der Waals surface area contributed by atoms with Crippen molar-refractivity contribution in [2.45, 2.75) is 15.8 Å². The van der Waals surface area contributed by atoms with Gasteiger partial charge in [-0.2, -0.15) is 4.31 Å². The van der Waals surface area contributed by atoms with Crippen LogP contribution in [0.25, 0.3) is 0 Å². The highest BCUT2D eigenvalue weighted by molar-refractivity contribution is 7.98. The Kier molecular flexibility index (Phi) is 7.37. The number of benzene rings is 2. The van der Waals surface area contributed by atoms with Gasteiger partial charge in [-0.05, 0) is 36.6 Å². The fourth-order valence-corrected chi connectivity index (χ4v) is 5.08. The zero-order valence-electron chi connectivity index (χ0n) is 14.7. The van der Waals surface area contributed by atoms with Gasteiger partial charge in [0.05, 0.1) is 18.0 Å². The van der Waals surface area contributed by atoms with Crippen molar-refractivity contribution in [3.05, 3.63) is 54.1 Å². The first-order valence-corrected chi connectivity index (χ1v) is 10.7. The van der Waals surface area contributed by atoms with Crippen LogP contribution >= 0.6 is 24.2 Å². The molecule has 2 aromatic carbocycles. The number of para-hydroxylation sites is 1. The molecule has 26 heavy (non-hydrogen) atoms. The lowest BCUT2D eigenvalue weighted by atomic mass is 10.0. The molecule has 1 aliphatic rings. The lowest BCUT2D eigenvalue weighted by molar-refractivity contribution is 0.264. The number of nitrogens with one attached hydrogen (secondary N) is 1. The number of rotatable bonds is 5. The number of methoxy groups -OCH3 is 1. The van der Waals surface area contributed by atoms with Crippen LogP contribution < -0.4 is 10.1 Å². The van der Waals surface area contributed by atoms with Crippen LogP contribution in [0.2, 0.25) is 0 Å². The summed E-state index contributed by atoms with van der Waals surface area (Å²) in [6, 6.07) is 14.3. The molecule has 1 aliphatic heterocycles. The molecule has 0 amide bonds. The number of thioether (sulfide) groups is 1. The van der Waals surface area contributed by atoms with Crippen molar-refractivity contribution in [3.8, 4) is 5.75 Å². The number of nitrogens with zero attached hydrogens (tertiary/aromatic N) is 1. The summed E-state index contributed by atoms with van der Waals surface area (Å²) in [5.41, 5.74) is 0.876. The molecule has 1 unspecified atom stereocenters. The Labute approximate surface area is 165 Å². The van der Waals surface area contributed by atoms with E-state index in [-0.39, 0.29) is 18.4 Å². The molecule has 0 aromatic heterocycles. The van der Waals surface area contributed by atoms with E-state index in [1.54, 1.807) is 35.3 Å². The van der Waals surface area contributed by atoms with Crippen LogP contribution in [0.5, 0.6) is 5.75 Å². The van der Waals surface area contributed by atoms with Crippen molar-refractivity contribution >= 4 is 34.2 Å². The fraction of sp³-hybridized carbons (Fsp3) is 0.333. The minimum absolute atomic E-state index is 0. The van der Waals surface area contributed by atoms with Crippen molar-refractivity contribution in [3.63, 3.8) is 0 Å². The van der Waals surface area contributed by atoms with E-state index >= 15 is 0 Å². The molecule has 1 fully saturated rings. The first-order chi connectivity index (χ1) is 12.1. The molecule has 1 N–H and O–H groups in total. The summed E-state index contributed by atoms with van der Waals surface area (Å²) < 4.78 is 33.5. The number of hydrogen-bond acceptors (Lipinski definition) is 5. The number of piperazine rings is 1. The predicted octanol–water partition coefficient (Wildman–Crippen LogP) is 3.17. The van der Waals surface area contributed by atoms with Gasteiger partial charge in [-0.25, -0.2) is 8.42 Å². The number of sulfonamides is 1. The van der Waals surface area contributed by atoms with E-state index in [0.717, 1.165) is 10.5 Å². The second-order valence-electron chi connectivity index (χ2n) is 5.75. The quantitative estimate of drug-likeness (QED) is 0.761. The molecule has 0 bridgehead atoms. The molecule has 0 saturated carbocycles. The zero-order valence-corrected chi connectivity index (χ0v) is 17.2. The Morgan fingerprint density at radius 3 is 2.50 bits per heavy atom. The molecule has 3 rings (SSSR count). The highest BCUT2D eigenvalue weighted by atomic mass is 35.5. The lowest BCUT2D eigenvalue weighted by Gasteiger charge is -2.36. The molecule has 5 nitrogen and oxygen atoms in total. The van der Waals surface area contributed by atoms with E-state index in [2.05, 4.69) is 5.32 Å². The van der Waals surface area contributed by atoms with Gasteiger partial charge in [0.1, 0.15) is 5.75 Å². The molecule has 0 aliphatic carbocycles. The maximum absolute atomic E-state index is 13.2. The molecule has 142 valence electrons. The van der Waals surface area contributed by atoms with E-state index in [1.165, 1.54) is 0 Å². The first-order valence-electron chi connectivity index (χ1n) is 8.07. The molecule has 1 saturated heterocycles. The maximum atomic E-state index is 13.2. The number of ether oxygens (including phenoxy) is 1. The monoisotopic (exact) mass is 414 g/mol. The van der Waals surface area contributed by atoms with E-state index < -0.39 is 10.0 Å². The van der Waals surface area contributed by atoms with Crippen molar-refractivity contribution in [1.29, 1.82) is 0 Å². The van der Waals surface area contributed by atoms with Crippen LogP contribution in [-0.4, -0.2) is 45.7 Å². The summed E-state index contributed by atoms with van der Waals surface area (Å²) in [5, 5.41) is 3.29. The highest BCUT2D eigenvalue weighted by Gasteiger charge is 2.35. The maximum Gasteiger partial charge on any atom is 0.243 e. The average Bonchev–Trinajstić information content (AvgIpc) is 2.68. The van der Waals surface area contributed by atoms with Gasteiger partial charge in [0.2, 0.25) is 10.0 Å². The minimum atomic E-state index is -3.58. The zero-order chi connectivity index (χ0) is 17.9. The third-order valence-corrected chi connectivity index (χ3v) is 7.02. The topological polar surface area (TPSA) is 58.6 Å². The summed E-state index contributed by atoms with van der Waals surface area (Å²) in [7, 11) is -1.97. The number of hydrogen-bond donors (Lipinski definition) is 1. The fourth-order valence-electron chi connectivity index (χ4n) is 3.06. The van der Waals surface area contributed by atoms with Gasteiger partial charge >= 0.3 is 0 Å². The molecule has 0 spiro atoms. The van der Waals surface area contributed by atoms with Gasteiger partial charge in [0.15, 0.2) is 0 Å². The average molecular weight is 415 g/mol. The number of halogens is 1. The van der Waals surface area contributed by atoms with Crippen molar-refractivity contribution < 1.29 is 13.2 Å². The van der Waals surface area contributed by atoms with Crippen LogP contribution in [0.15, 0.2) is 58.3 Å². The first kappa shape index (κ1) is 21.1. The summed E-state index contributed by atoms with van der Waals surface area (Å²) >= 11 is 1.59. The third kappa shape index (κ3) is 4.18. The summed E-state index contributed by atoms with van der Waals surface area (Å²) in [5.74, 6) is 0.703. The van der Waals surface area contributed by atoms with Gasteiger partial charge in [-0.1, -0.05) is 18.2 Å². The smallest absolute Gasteiger partial charge is 0.243 e. The van der Waals surface area contributed by atoms with Crippen LogP contribution in [-0.2, 0) is 10.0 Å². The molecular weight excluding hydrogens is 392 g/mol. The Balaban J connectivity index is 0.00000243. The van der Waals surface area contributed by atoms with E-state index in [9.17, 15) is 8.42 Å². The van der Waals surface area contributed by atoms with Crippen LogP contribution in [0.1, 0.15) is 11.6 Å². The summed E-state index contributed by atoms with van der Waals surface area (Å²) in [4.78, 5) is 1.37. The van der Waals surface area contributed by atoms with Gasteiger partial charge in [0.25, 0.3) is 0 Å². The molecule has 8 heteroatoms. The third-order valence-electron chi connectivity index (χ3n) is 4.36. The molecule has 2 aromatic rings. The highest BCUT2D eigenvalue weighted by Crippen LogP contribution is 2.34. The van der Waals surface area contributed by atoms with E-state index in [1.807, 2.05) is 42.7 Å². The second kappa shape index (κ2) is 9.10. The minimum Gasteiger partial charge on any atom is -0.496 e. The molecule has 1 atom stereocenters. The van der Waals surface area contributed by atoms with Gasteiger partial charge < -0.3 is 10.1 Å². The molecular formula is C18H23ClN2O3S2. The Morgan fingerprint density at radius 2 is 1.85 bits per heavy atom. The van der Waals surface area contributed by atoms with Crippen LogP contribution in [0.4, 0.5) is 0 Å². The van der Waals surface area contributed by atoms with Gasteiger partial charge in [-0.3, -0.25) is 0 Å². The van der Waals surface area contributed by atoms with E-state index in [0.29, 0.717) is 30.3 Å². The molecule has 1 heterocycles. The standard InChI is InChI=1S/C18H22N2O3S2.ClH/c1-23-18-6-4-3-5-16(18)17-13-19-11-12-20(17)25(21,22)15-9-7-14(24-2)8-10-15;/h3-10,17,19H,11-13H2,1-2H3;1H. The van der Waals surface area contributed by atoms with Crippen molar-refractivity contribution in [2.75, 3.05) is 33.0 Å². The van der Waals surface area contributed by atoms with Crippen LogP contribution in [0.3, 0.4) is 0 Å². The predicted molar refractivity (Wildman–Crippen MR) is 108 cm³/mol. The normalized spacial score (nSPS) is 18.2. The van der Waals surface area contributed by atoms with Gasteiger partial charge in [0, 0.05) is 30.1 Å².